The number of aliphatic imine (C=N–C) groups is 1. The van der Waals surface area contributed by atoms with E-state index in [1.165, 1.54) is 25.2 Å². The van der Waals surface area contributed by atoms with Crippen LogP contribution in [0, 0.1) is 5.92 Å². The summed E-state index contributed by atoms with van der Waals surface area (Å²) < 4.78 is 0. The van der Waals surface area contributed by atoms with Crippen LogP contribution in [-0.4, -0.2) is 49.1 Å². The van der Waals surface area contributed by atoms with Crippen LogP contribution in [0.15, 0.2) is 10.4 Å². The Bertz CT molecular complexity index is 489. The highest BCUT2D eigenvalue weighted by atomic mass is 127. The molecular weight excluding hydrogens is 421 g/mol. The molecule has 7 heteroatoms. The van der Waals surface area contributed by atoms with E-state index in [-0.39, 0.29) is 24.0 Å². The summed E-state index contributed by atoms with van der Waals surface area (Å²) in [5.41, 5.74) is 1.17. The molecule has 0 aromatic carbocycles. The Kier molecular flexibility index (Phi) is 9.38. The van der Waals surface area contributed by atoms with Crippen LogP contribution >= 0.6 is 35.3 Å². The maximum atomic E-state index is 4.67. The number of aromatic nitrogens is 1. The Labute approximate surface area is 161 Å². The van der Waals surface area contributed by atoms with Crippen molar-refractivity contribution in [3.63, 3.8) is 0 Å². The number of likely N-dealkylation sites (tertiary alicyclic amines) is 1. The molecule has 2 heterocycles. The monoisotopic (exact) mass is 451 g/mol. The number of nitrogens with zero attached hydrogens (tertiary/aromatic N) is 3. The van der Waals surface area contributed by atoms with Gasteiger partial charge in [0.2, 0.25) is 0 Å². The number of nitrogens with one attached hydrogen (secondary N) is 2. The molecule has 1 saturated heterocycles. The summed E-state index contributed by atoms with van der Waals surface area (Å²) in [6.07, 6.45) is 1.27. The van der Waals surface area contributed by atoms with Gasteiger partial charge in [-0.3, -0.25) is 0 Å². The van der Waals surface area contributed by atoms with Crippen molar-refractivity contribution in [2.45, 2.75) is 39.7 Å². The molecule has 0 spiro atoms. The summed E-state index contributed by atoms with van der Waals surface area (Å²) in [5, 5.41) is 10.0. The molecule has 1 aromatic heterocycles. The van der Waals surface area contributed by atoms with Crippen molar-refractivity contribution in [2.24, 2.45) is 10.9 Å². The molecule has 2 N–H and O–H groups in total. The van der Waals surface area contributed by atoms with E-state index in [9.17, 15) is 0 Å². The second kappa shape index (κ2) is 10.5. The predicted octanol–water partition coefficient (Wildman–Crippen LogP) is 2.89. The van der Waals surface area contributed by atoms with Crippen molar-refractivity contribution in [3.8, 4) is 0 Å². The second-order valence-electron chi connectivity index (χ2n) is 6.31. The maximum Gasteiger partial charge on any atom is 0.191 e. The molecule has 1 unspecified atom stereocenters. The van der Waals surface area contributed by atoms with Crippen LogP contribution in [0.2, 0.25) is 0 Å². The van der Waals surface area contributed by atoms with Crippen molar-refractivity contribution < 1.29 is 0 Å². The Morgan fingerprint density at radius 3 is 2.83 bits per heavy atom. The summed E-state index contributed by atoms with van der Waals surface area (Å²) in [6, 6.07) is 0. The third-order valence-electron chi connectivity index (χ3n) is 3.92. The number of hydrogen-bond donors (Lipinski definition) is 2. The van der Waals surface area contributed by atoms with Gasteiger partial charge in [0.05, 0.1) is 12.2 Å². The average Bonchev–Trinajstić information content (AvgIpc) is 3.11. The smallest absolute Gasteiger partial charge is 0.191 e. The highest BCUT2D eigenvalue weighted by Gasteiger charge is 2.19. The fourth-order valence-corrected chi connectivity index (χ4v) is 3.46. The van der Waals surface area contributed by atoms with Gasteiger partial charge >= 0.3 is 0 Å². The van der Waals surface area contributed by atoms with Gasteiger partial charge in [0, 0.05) is 25.0 Å². The topological polar surface area (TPSA) is 52.6 Å². The van der Waals surface area contributed by atoms with Crippen molar-refractivity contribution in [3.05, 3.63) is 16.1 Å². The maximum absolute atomic E-state index is 4.67. The molecule has 23 heavy (non-hydrogen) atoms. The molecule has 1 fully saturated rings. The second-order valence-corrected chi connectivity index (χ2v) is 7.26. The van der Waals surface area contributed by atoms with Crippen molar-refractivity contribution in [1.29, 1.82) is 0 Å². The van der Waals surface area contributed by atoms with Gasteiger partial charge in [-0.25, -0.2) is 9.98 Å². The first-order chi connectivity index (χ1) is 10.6. The largest absolute Gasteiger partial charge is 0.357 e. The number of guanidine groups is 1. The predicted molar refractivity (Wildman–Crippen MR) is 110 cm³/mol. The molecule has 0 aliphatic carbocycles. The van der Waals surface area contributed by atoms with E-state index in [2.05, 4.69) is 58.7 Å². The lowest BCUT2D eigenvalue weighted by Crippen LogP contribution is -2.40. The lowest BCUT2D eigenvalue weighted by molar-refractivity contribution is 0.394. The molecule has 1 aliphatic rings. The molecule has 5 nitrogen and oxygen atoms in total. The van der Waals surface area contributed by atoms with E-state index < -0.39 is 0 Å². The molecule has 1 aromatic rings. The molecule has 0 bridgehead atoms. The van der Waals surface area contributed by atoms with E-state index in [0.717, 1.165) is 30.0 Å². The van der Waals surface area contributed by atoms with Gasteiger partial charge in [-0.15, -0.1) is 35.3 Å². The van der Waals surface area contributed by atoms with Gasteiger partial charge in [0.15, 0.2) is 5.96 Å². The van der Waals surface area contributed by atoms with Crippen molar-refractivity contribution in [2.75, 3.05) is 33.2 Å². The van der Waals surface area contributed by atoms with Gasteiger partial charge in [-0.1, -0.05) is 13.8 Å². The van der Waals surface area contributed by atoms with E-state index >= 15 is 0 Å². The van der Waals surface area contributed by atoms with Crippen LogP contribution in [0.25, 0.3) is 0 Å². The van der Waals surface area contributed by atoms with Crippen molar-refractivity contribution in [1.82, 2.24) is 20.5 Å². The standard InChI is InChI=1S/C16H29N5S.HI/c1-5-17-16(18-8-13-6-7-21(4)10-13)19-9-15-20-14(11-22-15)12(2)3;/h11-13H,5-10H2,1-4H3,(H2,17,18,19);1H. The van der Waals surface area contributed by atoms with Crippen LogP contribution in [0.1, 0.15) is 43.8 Å². The van der Waals surface area contributed by atoms with Crippen LogP contribution in [0.5, 0.6) is 0 Å². The third kappa shape index (κ3) is 6.93. The Balaban J connectivity index is 0.00000264. The first-order valence-electron chi connectivity index (χ1n) is 8.23. The minimum atomic E-state index is 0. The van der Waals surface area contributed by atoms with E-state index in [1.54, 1.807) is 11.3 Å². The molecule has 1 atom stereocenters. The molecule has 2 rings (SSSR count). The molecule has 0 amide bonds. The van der Waals surface area contributed by atoms with Crippen molar-refractivity contribution >= 4 is 41.3 Å². The minimum Gasteiger partial charge on any atom is -0.357 e. The van der Waals surface area contributed by atoms with Gasteiger partial charge < -0.3 is 15.5 Å². The number of rotatable bonds is 6. The summed E-state index contributed by atoms with van der Waals surface area (Å²) in [5.74, 6) is 2.11. The number of hydrogen-bond acceptors (Lipinski definition) is 4. The van der Waals surface area contributed by atoms with E-state index in [4.69, 9.17) is 0 Å². The SMILES string of the molecule is CCNC(=NCc1nc(C(C)C)cs1)NCC1CCN(C)C1.I. The zero-order chi connectivity index (χ0) is 15.9. The van der Waals surface area contributed by atoms with Crippen LogP contribution < -0.4 is 10.6 Å². The van der Waals surface area contributed by atoms with Crippen LogP contribution in [-0.2, 0) is 6.54 Å². The quantitative estimate of drug-likeness (QED) is 0.397. The van der Waals surface area contributed by atoms with Gasteiger partial charge in [-0.05, 0) is 38.8 Å². The molecule has 0 saturated carbocycles. The zero-order valence-corrected chi connectivity index (χ0v) is 17.8. The Hall–Kier alpha value is -0.410. The number of halogens is 1. The first-order valence-corrected chi connectivity index (χ1v) is 9.11. The third-order valence-corrected chi connectivity index (χ3v) is 4.78. The highest BCUT2D eigenvalue weighted by Crippen LogP contribution is 2.18. The number of thiazole rings is 1. The highest BCUT2D eigenvalue weighted by molar-refractivity contribution is 14.0. The Morgan fingerprint density at radius 1 is 1.48 bits per heavy atom. The fourth-order valence-electron chi connectivity index (χ4n) is 2.59. The molecule has 1 aliphatic heterocycles. The van der Waals surface area contributed by atoms with Gasteiger partial charge in [0.25, 0.3) is 0 Å². The summed E-state index contributed by atoms with van der Waals surface area (Å²) in [4.78, 5) is 11.7. The normalized spacial score (nSPS) is 19.0. The molecule has 0 radical (unpaired) electrons. The average molecular weight is 451 g/mol. The molecular formula is C16H30IN5S. The lowest BCUT2D eigenvalue weighted by Gasteiger charge is -2.15. The fraction of sp³-hybridized carbons (Fsp3) is 0.750. The van der Waals surface area contributed by atoms with Crippen LogP contribution in [0.3, 0.4) is 0 Å². The van der Waals surface area contributed by atoms with E-state index in [1.807, 2.05) is 0 Å². The summed E-state index contributed by atoms with van der Waals surface area (Å²) in [6.45, 7) is 11.3. The summed E-state index contributed by atoms with van der Waals surface area (Å²) in [7, 11) is 2.19. The Morgan fingerprint density at radius 2 is 2.26 bits per heavy atom. The lowest BCUT2D eigenvalue weighted by atomic mass is 10.1. The van der Waals surface area contributed by atoms with Gasteiger partial charge in [-0.2, -0.15) is 0 Å². The minimum absolute atomic E-state index is 0. The summed E-state index contributed by atoms with van der Waals surface area (Å²) >= 11 is 1.70. The zero-order valence-electron chi connectivity index (χ0n) is 14.6. The molecule has 132 valence electrons. The van der Waals surface area contributed by atoms with Gasteiger partial charge in [0.1, 0.15) is 5.01 Å². The first kappa shape index (κ1) is 20.6. The van der Waals surface area contributed by atoms with Crippen LogP contribution in [0.4, 0.5) is 0 Å². The van der Waals surface area contributed by atoms with E-state index in [0.29, 0.717) is 12.5 Å².